The van der Waals surface area contributed by atoms with Gasteiger partial charge >= 0.3 is 0 Å². The van der Waals surface area contributed by atoms with Gasteiger partial charge in [0.05, 0.1) is 31.6 Å². The van der Waals surface area contributed by atoms with Gasteiger partial charge in [-0.3, -0.25) is 9.59 Å². The number of carbonyl (C=O) groups excluding carboxylic acids is 2. The molecule has 2 amide bonds. The molecule has 0 atom stereocenters. The van der Waals surface area contributed by atoms with Gasteiger partial charge in [-0.05, 0) is 55.5 Å². The fraction of sp³-hybridized carbons (Fsp3) is 0.182. The van der Waals surface area contributed by atoms with Gasteiger partial charge in [-0.25, -0.2) is 0 Å². The van der Waals surface area contributed by atoms with E-state index in [1.165, 1.54) is 0 Å². The average Bonchev–Trinajstić information content (AvgIpc) is 3.26. The molecule has 0 aliphatic heterocycles. The van der Waals surface area contributed by atoms with E-state index in [-0.39, 0.29) is 18.4 Å². The minimum atomic E-state index is -0.197. The van der Waals surface area contributed by atoms with Crippen LogP contribution >= 0.6 is 0 Å². The molecule has 7 nitrogen and oxygen atoms in total. The number of hydrogen-bond donors (Lipinski definition) is 3. The van der Waals surface area contributed by atoms with Gasteiger partial charge in [-0.15, -0.1) is 0 Å². The molecule has 0 radical (unpaired) electrons. The van der Waals surface area contributed by atoms with Crippen LogP contribution in [0.25, 0.3) is 0 Å². The van der Waals surface area contributed by atoms with E-state index in [1.807, 2.05) is 25.1 Å². The lowest BCUT2D eigenvalue weighted by Gasteiger charge is -2.12. The first kappa shape index (κ1) is 20.0. The zero-order chi connectivity index (χ0) is 20.5. The van der Waals surface area contributed by atoms with E-state index in [0.717, 1.165) is 5.69 Å². The van der Waals surface area contributed by atoms with Gasteiger partial charge in [-0.2, -0.15) is 0 Å². The first-order valence-corrected chi connectivity index (χ1v) is 9.32. The molecule has 2 aromatic carbocycles. The van der Waals surface area contributed by atoms with Crippen LogP contribution in [-0.2, 0) is 11.3 Å². The number of benzene rings is 2. The second-order valence-corrected chi connectivity index (χ2v) is 6.17. The Morgan fingerprint density at radius 2 is 1.79 bits per heavy atom. The smallest absolute Gasteiger partial charge is 0.251 e. The third kappa shape index (κ3) is 5.87. The summed E-state index contributed by atoms with van der Waals surface area (Å²) in [7, 11) is 0. The molecule has 0 saturated heterocycles. The van der Waals surface area contributed by atoms with Crippen molar-refractivity contribution in [2.75, 3.05) is 23.8 Å². The fourth-order valence-electron chi connectivity index (χ4n) is 2.65. The summed E-state index contributed by atoms with van der Waals surface area (Å²) in [6.07, 6.45) is 1.56. The number of furan rings is 1. The Hall–Kier alpha value is -3.74. The molecule has 0 spiro atoms. The van der Waals surface area contributed by atoms with Crippen LogP contribution in [-0.4, -0.2) is 25.0 Å². The van der Waals surface area contributed by atoms with Crippen LogP contribution in [0.2, 0.25) is 0 Å². The second-order valence-electron chi connectivity index (χ2n) is 6.17. The molecule has 3 N–H and O–H groups in total. The lowest BCUT2D eigenvalue weighted by Crippen LogP contribution is -2.23. The predicted molar refractivity (Wildman–Crippen MR) is 111 cm³/mol. The molecule has 1 heterocycles. The number of anilines is 2. The Morgan fingerprint density at radius 1 is 1.00 bits per heavy atom. The summed E-state index contributed by atoms with van der Waals surface area (Å²) < 4.78 is 10.7. The lowest BCUT2D eigenvalue weighted by atomic mass is 10.2. The summed E-state index contributed by atoms with van der Waals surface area (Å²) in [5, 5.41) is 8.65. The highest BCUT2D eigenvalue weighted by molar-refractivity contribution is 5.96. The monoisotopic (exact) mass is 393 g/mol. The number of carbonyl (C=O) groups is 2. The van der Waals surface area contributed by atoms with Gasteiger partial charge in [0, 0.05) is 11.3 Å². The van der Waals surface area contributed by atoms with Crippen LogP contribution in [0, 0.1) is 0 Å². The molecule has 7 heteroatoms. The standard InChI is InChI=1S/C22H23N3O4/c1-2-28-20-8-4-3-7-19(20)25-21(26)15-23-17-11-9-16(10-12-17)22(27)24-14-18-6-5-13-29-18/h3-13,23H,2,14-15H2,1H3,(H,24,27)(H,25,26). The van der Waals surface area contributed by atoms with Gasteiger partial charge < -0.3 is 25.1 Å². The second kappa shape index (κ2) is 9.98. The number of para-hydroxylation sites is 2. The van der Waals surface area contributed by atoms with Gasteiger partial charge in [0.25, 0.3) is 5.91 Å². The van der Waals surface area contributed by atoms with Crippen molar-refractivity contribution in [3.05, 3.63) is 78.3 Å². The summed E-state index contributed by atoms with van der Waals surface area (Å²) in [6.45, 7) is 2.83. The predicted octanol–water partition coefficient (Wildman–Crippen LogP) is 3.66. The van der Waals surface area contributed by atoms with Crippen LogP contribution in [0.1, 0.15) is 23.0 Å². The van der Waals surface area contributed by atoms with Crippen molar-refractivity contribution in [2.24, 2.45) is 0 Å². The van der Waals surface area contributed by atoms with Crippen molar-refractivity contribution >= 4 is 23.2 Å². The number of ether oxygens (including phenoxy) is 1. The minimum Gasteiger partial charge on any atom is -0.492 e. The van der Waals surface area contributed by atoms with Crippen molar-refractivity contribution in [1.82, 2.24) is 5.32 Å². The van der Waals surface area contributed by atoms with Crippen LogP contribution in [0.5, 0.6) is 5.75 Å². The highest BCUT2D eigenvalue weighted by atomic mass is 16.5. The quantitative estimate of drug-likeness (QED) is 0.516. The third-order valence-electron chi connectivity index (χ3n) is 4.06. The Morgan fingerprint density at radius 3 is 2.52 bits per heavy atom. The van der Waals surface area contributed by atoms with E-state index >= 15 is 0 Å². The Labute approximate surface area is 169 Å². The molecular weight excluding hydrogens is 370 g/mol. The van der Waals surface area contributed by atoms with Crippen molar-refractivity contribution in [2.45, 2.75) is 13.5 Å². The number of hydrogen-bond acceptors (Lipinski definition) is 5. The normalized spacial score (nSPS) is 10.2. The van der Waals surface area contributed by atoms with Crippen LogP contribution < -0.4 is 20.7 Å². The number of amides is 2. The highest BCUT2D eigenvalue weighted by Crippen LogP contribution is 2.23. The molecule has 0 fully saturated rings. The van der Waals surface area contributed by atoms with Gasteiger partial charge in [-0.1, -0.05) is 12.1 Å². The average molecular weight is 393 g/mol. The van der Waals surface area contributed by atoms with Crippen molar-refractivity contribution in [3.63, 3.8) is 0 Å². The molecule has 29 heavy (non-hydrogen) atoms. The van der Waals surface area contributed by atoms with Gasteiger partial charge in [0.15, 0.2) is 0 Å². The summed E-state index contributed by atoms with van der Waals surface area (Å²) in [6, 6.07) is 17.8. The van der Waals surface area contributed by atoms with Crippen molar-refractivity contribution in [3.8, 4) is 5.75 Å². The van der Waals surface area contributed by atoms with Crippen LogP contribution in [0.4, 0.5) is 11.4 Å². The summed E-state index contributed by atoms with van der Waals surface area (Å²) in [5.41, 5.74) is 1.89. The van der Waals surface area contributed by atoms with E-state index in [9.17, 15) is 9.59 Å². The van der Waals surface area contributed by atoms with Gasteiger partial charge in [0.1, 0.15) is 11.5 Å². The first-order valence-electron chi connectivity index (χ1n) is 9.32. The van der Waals surface area contributed by atoms with Gasteiger partial charge in [0.2, 0.25) is 5.91 Å². The zero-order valence-corrected chi connectivity index (χ0v) is 16.1. The van der Waals surface area contributed by atoms with E-state index in [4.69, 9.17) is 9.15 Å². The third-order valence-corrected chi connectivity index (χ3v) is 4.06. The fourth-order valence-corrected chi connectivity index (χ4v) is 2.65. The minimum absolute atomic E-state index is 0.0878. The van der Waals surface area contributed by atoms with Crippen LogP contribution in [0.15, 0.2) is 71.3 Å². The molecule has 3 rings (SSSR count). The number of nitrogens with one attached hydrogen (secondary N) is 3. The van der Waals surface area contributed by atoms with E-state index in [2.05, 4.69) is 16.0 Å². The molecule has 0 aliphatic carbocycles. The Bertz CT molecular complexity index is 937. The van der Waals surface area contributed by atoms with Crippen molar-refractivity contribution < 1.29 is 18.7 Å². The van der Waals surface area contributed by atoms with E-state index in [0.29, 0.717) is 35.9 Å². The topological polar surface area (TPSA) is 92.6 Å². The van der Waals surface area contributed by atoms with Crippen LogP contribution in [0.3, 0.4) is 0 Å². The zero-order valence-electron chi connectivity index (χ0n) is 16.1. The highest BCUT2D eigenvalue weighted by Gasteiger charge is 2.09. The maximum atomic E-state index is 12.2. The SMILES string of the molecule is CCOc1ccccc1NC(=O)CNc1ccc(C(=O)NCc2ccco2)cc1. The maximum Gasteiger partial charge on any atom is 0.251 e. The molecule has 1 aromatic heterocycles. The van der Waals surface area contributed by atoms with Crippen molar-refractivity contribution in [1.29, 1.82) is 0 Å². The summed E-state index contributed by atoms with van der Waals surface area (Å²) >= 11 is 0. The molecule has 0 unspecified atom stereocenters. The number of rotatable bonds is 9. The maximum absolute atomic E-state index is 12.2. The summed E-state index contributed by atoms with van der Waals surface area (Å²) in [4.78, 5) is 24.4. The largest absolute Gasteiger partial charge is 0.492 e. The molecule has 0 aliphatic rings. The lowest BCUT2D eigenvalue weighted by molar-refractivity contribution is -0.114. The summed E-state index contributed by atoms with van der Waals surface area (Å²) in [5.74, 6) is 0.928. The Kier molecular flexibility index (Phi) is 6.89. The molecule has 3 aromatic rings. The van der Waals surface area contributed by atoms with E-state index < -0.39 is 0 Å². The van der Waals surface area contributed by atoms with E-state index in [1.54, 1.807) is 48.7 Å². The first-order chi connectivity index (χ1) is 14.2. The Balaban J connectivity index is 1.48. The molecular formula is C22H23N3O4. The molecule has 150 valence electrons. The molecule has 0 saturated carbocycles. The molecule has 0 bridgehead atoms.